The zero-order valence-electron chi connectivity index (χ0n) is 13.0. The number of rotatable bonds is 6. The summed E-state index contributed by atoms with van der Waals surface area (Å²) < 4.78 is 4.85. The maximum absolute atomic E-state index is 11.7. The Bertz CT molecular complexity index is 331. The van der Waals surface area contributed by atoms with E-state index in [9.17, 15) is 4.79 Å². The molecule has 0 rings (SSSR count). The smallest absolute Gasteiger partial charge is 0.311 e. The van der Waals surface area contributed by atoms with Crippen LogP contribution in [0.4, 0.5) is 0 Å². The Kier molecular flexibility index (Phi) is 6.97. The first kappa shape index (κ1) is 16.9. The highest BCUT2D eigenvalue weighted by Gasteiger charge is 2.33. The van der Waals surface area contributed by atoms with Gasteiger partial charge in [-0.3, -0.25) is 4.79 Å². The van der Waals surface area contributed by atoms with Gasteiger partial charge in [-0.1, -0.05) is 30.2 Å². The molecular weight excluding hydrogens is 224 g/mol. The average molecular weight is 252 g/mol. The van der Waals surface area contributed by atoms with E-state index < -0.39 is 5.41 Å². The highest BCUT2D eigenvalue weighted by atomic mass is 16.5. The molecule has 0 aliphatic heterocycles. The summed E-state index contributed by atoms with van der Waals surface area (Å²) in [6, 6.07) is 0. The fourth-order valence-electron chi connectivity index (χ4n) is 1.76. The number of methoxy groups -OCH3 is 1. The van der Waals surface area contributed by atoms with E-state index in [1.165, 1.54) is 18.3 Å². The maximum atomic E-state index is 11.7. The van der Waals surface area contributed by atoms with Crippen LogP contribution in [-0.2, 0) is 9.53 Å². The van der Waals surface area contributed by atoms with E-state index in [1.807, 2.05) is 13.8 Å². The molecule has 0 amide bonds. The standard InChI is InChI=1S/C16H28O2/c1-12(2)9-8-10-13(3)11-14(4)16(5,6)15(17)18-7/h9,11,14H,8,10H2,1-7H3/b13-11+. The van der Waals surface area contributed by atoms with Crippen LogP contribution >= 0.6 is 0 Å². The van der Waals surface area contributed by atoms with E-state index in [0.29, 0.717) is 0 Å². The van der Waals surface area contributed by atoms with E-state index in [2.05, 4.69) is 39.8 Å². The number of ether oxygens (including phenoxy) is 1. The molecule has 0 heterocycles. The lowest BCUT2D eigenvalue weighted by molar-refractivity contribution is -0.152. The number of esters is 1. The highest BCUT2D eigenvalue weighted by molar-refractivity contribution is 5.76. The predicted molar refractivity (Wildman–Crippen MR) is 77.4 cm³/mol. The van der Waals surface area contributed by atoms with Crippen molar-refractivity contribution in [3.63, 3.8) is 0 Å². The summed E-state index contributed by atoms with van der Waals surface area (Å²) in [4.78, 5) is 11.7. The van der Waals surface area contributed by atoms with E-state index >= 15 is 0 Å². The second kappa shape index (κ2) is 7.40. The summed E-state index contributed by atoms with van der Waals surface area (Å²) in [7, 11) is 1.45. The zero-order chi connectivity index (χ0) is 14.3. The van der Waals surface area contributed by atoms with Crippen LogP contribution in [0.2, 0.25) is 0 Å². The average Bonchev–Trinajstić information content (AvgIpc) is 2.26. The van der Waals surface area contributed by atoms with E-state index in [4.69, 9.17) is 4.74 Å². The Morgan fingerprint density at radius 2 is 1.83 bits per heavy atom. The molecule has 0 saturated heterocycles. The molecule has 0 spiro atoms. The van der Waals surface area contributed by atoms with Crippen molar-refractivity contribution in [3.05, 3.63) is 23.3 Å². The van der Waals surface area contributed by atoms with Crippen LogP contribution in [-0.4, -0.2) is 13.1 Å². The van der Waals surface area contributed by atoms with Gasteiger partial charge in [-0.15, -0.1) is 0 Å². The van der Waals surface area contributed by atoms with Crippen molar-refractivity contribution in [3.8, 4) is 0 Å². The van der Waals surface area contributed by atoms with Crippen LogP contribution in [0.25, 0.3) is 0 Å². The third-order valence-electron chi connectivity index (χ3n) is 3.48. The van der Waals surface area contributed by atoms with Gasteiger partial charge in [0, 0.05) is 0 Å². The lowest BCUT2D eigenvalue weighted by atomic mass is 9.79. The van der Waals surface area contributed by atoms with Gasteiger partial charge in [-0.25, -0.2) is 0 Å². The van der Waals surface area contributed by atoms with Gasteiger partial charge in [0.2, 0.25) is 0 Å². The molecule has 1 unspecified atom stereocenters. The summed E-state index contributed by atoms with van der Waals surface area (Å²) >= 11 is 0. The molecule has 0 aliphatic carbocycles. The predicted octanol–water partition coefficient (Wildman–Crippen LogP) is 4.51. The van der Waals surface area contributed by atoms with Crippen molar-refractivity contribution in [2.45, 2.75) is 54.4 Å². The maximum Gasteiger partial charge on any atom is 0.311 e. The normalized spacial score (nSPS) is 14.1. The molecule has 2 heteroatoms. The van der Waals surface area contributed by atoms with E-state index in [0.717, 1.165) is 12.8 Å². The molecule has 2 nitrogen and oxygen atoms in total. The Morgan fingerprint density at radius 1 is 1.28 bits per heavy atom. The molecule has 0 saturated carbocycles. The van der Waals surface area contributed by atoms with Crippen molar-refractivity contribution < 1.29 is 9.53 Å². The van der Waals surface area contributed by atoms with E-state index in [-0.39, 0.29) is 11.9 Å². The van der Waals surface area contributed by atoms with Gasteiger partial charge in [0.15, 0.2) is 0 Å². The summed E-state index contributed by atoms with van der Waals surface area (Å²) in [5.74, 6) is 0.0278. The van der Waals surface area contributed by atoms with Gasteiger partial charge in [0.05, 0.1) is 12.5 Å². The second-order valence-corrected chi connectivity index (χ2v) is 5.84. The van der Waals surface area contributed by atoms with Crippen LogP contribution in [0.15, 0.2) is 23.3 Å². The SMILES string of the molecule is COC(=O)C(C)(C)C(C)/C=C(\C)CCC=C(C)C. The molecule has 0 aliphatic rings. The molecule has 0 N–H and O–H groups in total. The molecule has 0 fully saturated rings. The molecule has 104 valence electrons. The van der Waals surface area contributed by atoms with Crippen LogP contribution in [0.5, 0.6) is 0 Å². The minimum absolute atomic E-state index is 0.150. The fourth-order valence-corrected chi connectivity index (χ4v) is 1.76. The van der Waals surface area contributed by atoms with Gasteiger partial charge >= 0.3 is 5.97 Å². The largest absolute Gasteiger partial charge is 0.469 e. The summed E-state index contributed by atoms with van der Waals surface area (Å²) in [6.07, 6.45) is 6.55. The van der Waals surface area contributed by atoms with Crippen molar-refractivity contribution in [2.75, 3.05) is 7.11 Å². The zero-order valence-corrected chi connectivity index (χ0v) is 13.0. The first-order valence-corrected chi connectivity index (χ1v) is 6.61. The van der Waals surface area contributed by atoms with Crippen molar-refractivity contribution >= 4 is 5.97 Å². The Labute approximate surface area is 112 Å². The number of hydrogen-bond acceptors (Lipinski definition) is 2. The van der Waals surface area contributed by atoms with Crippen molar-refractivity contribution in [1.29, 1.82) is 0 Å². The first-order valence-electron chi connectivity index (χ1n) is 6.61. The number of carbonyl (C=O) groups is 1. The Hall–Kier alpha value is -1.05. The monoisotopic (exact) mass is 252 g/mol. The molecule has 0 radical (unpaired) electrons. The summed E-state index contributed by atoms with van der Waals surface area (Å²) in [5.41, 5.74) is 2.22. The van der Waals surface area contributed by atoms with Gasteiger partial charge < -0.3 is 4.74 Å². The molecule has 0 bridgehead atoms. The van der Waals surface area contributed by atoms with Crippen molar-refractivity contribution in [2.24, 2.45) is 11.3 Å². The number of carbonyl (C=O) groups excluding carboxylic acids is 1. The third kappa shape index (κ3) is 5.52. The molecule has 1 atom stereocenters. The van der Waals surface area contributed by atoms with Gasteiger partial charge in [0.25, 0.3) is 0 Å². The topological polar surface area (TPSA) is 26.3 Å². The lowest BCUT2D eigenvalue weighted by Gasteiger charge is -2.27. The first-order chi connectivity index (χ1) is 8.21. The van der Waals surface area contributed by atoms with Crippen molar-refractivity contribution in [1.82, 2.24) is 0 Å². The number of allylic oxidation sites excluding steroid dienone is 4. The summed E-state index contributed by atoms with van der Waals surface area (Å²) in [5, 5.41) is 0. The van der Waals surface area contributed by atoms with Crippen LogP contribution in [0.1, 0.15) is 54.4 Å². The highest BCUT2D eigenvalue weighted by Crippen LogP contribution is 2.30. The third-order valence-corrected chi connectivity index (χ3v) is 3.48. The van der Waals surface area contributed by atoms with Gasteiger partial charge in [-0.05, 0) is 53.4 Å². The molecule has 0 aromatic heterocycles. The quantitative estimate of drug-likeness (QED) is 0.513. The van der Waals surface area contributed by atoms with Gasteiger partial charge in [0.1, 0.15) is 0 Å². The molecular formula is C16H28O2. The van der Waals surface area contributed by atoms with Crippen LogP contribution in [0.3, 0.4) is 0 Å². The fraction of sp³-hybridized carbons (Fsp3) is 0.688. The second-order valence-electron chi connectivity index (χ2n) is 5.84. The molecule has 0 aromatic rings. The Morgan fingerprint density at radius 3 is 2.28 bits per heavy atom. The minimum atomic E-state index is -0.466. The Balaban J connectivity index is 4.56. The van der Waals surface area contributed by atoms with E-state index in [1.54, 1.807) is 0 Å². The molecule has 0 aromatic carbocycles. The minimum Gasteiger partial charge on any atom is -0.469 e. The lowest BCUT2D eigenvalue weighted by Crippen LogP contribution is -2.31. The van der Waals surface area contributed by atoms with Gasteiger partial charge in [-0.2, -0.15) is 0 Å². The van der Waals surface area contributed by atoms with Crippen LogP contribution in [0, 0.1) is 11.3 Å². The van der Waals surface area contributed by atoms with Crippen LogP contribution < -0.4 is 0 Å². The summed E-state index contributed by atoms with van der Waals surface area (Å²) in [6.45, 7) is 12.3. The number of hydrogen-bond donors (Lipinski definition) is 0. The molecule has 18 heavy (non-hydrogen) atoms.